The van der Waals surface area contributed by atoms with E-state index in [1.165, 1.54) is 12.1 Å². The van der Waals surface area contributed by atoms with E-state index in [0.717, 1.165) is 15.9 Å². The molecule has 6 nitrogen and oxygen atoms in total. The molecule has 1 saturated heterocycles. The first-order valence-electron chi connectivity index (χ1n) is 8.09. The number of carbonyl (C=O) groups excluding carboxylic acids is 1. The van der Waals surface area contributed by atoms with Gasteiger partial charge in [0.25, 0.3) is 0 Å². The van der Waals surface area contributed by atoms with Gasteiger partial charge in [-0.25, -0.2) is 13.1 Å². The summed E-state index contributed by atoms with van der Waals surface area (Å²) in [4.78, 5) is 14.2. The molecule has 0 spiro atoms. The van der Waals surface area contributed by atoms with Crippen LogP contribution in [-0.2, 0) is 14.8 Å². The minimum absolute atomic E-state index is 0.0111. The molecule has 3 rings (SSSR count). The molecule has 0 saturated carbocycles. The van der Waals surface area contributed by atoms with Crippen molar-refractivity contribution in [3.8, 4) is 5.75 Å². The van der Waals surface area contributed by atoms with Gasteiger partial charge >= 0.3 is 0 Å². The number of hydrogen-bond donors (Lipinski definition) is 1. The number of carbonyl (C=O) groups is 1. The maximum Gasteiger partial charge on any atom is 0.240 e. The van der Waals surface area contributed by atoms with Gasteiger partial charge in [0.1, 0.15) is 5.75 Å². The van der Waals surface area contributed by atoms with Crippen molar-refractivity contribution in [2.75, 3.05) is 25.1 Å². The largest absolute Gasteiger partial charge is 0.497 e. The predicted molar refractivity (Wildman–Crippen MR) is 103 cm³/mol. The monoisotopic (exact) mass is 438 g/mol. The molecule has 1 aliphatic heterocycles. The van der Waals surface area contributed by atoms with Crippen LogP contribution in [0.25, 0.3) is 0 Å². The molecule has 0 radical (unpaired) electrons. The molecule has 0 aliphatic carbocycles. The van der Waals surface area contributed by atoms with Crippen molar-refractivity contribution in [1.29, 1.82) is 0 Å². The molecule has 1 atom stereocenters. The minimum Gasteiger partial charge on any atom is -0.497 e. The first-order valence-corrected chi connectivity index (χ1v) is 10.4. The van der Waals surface area contributed by atoms with Gasteiger partial charge in [-0.15, -0.1) is 0 Å². The topological polar surface area (TPSA) is 75.7 Å². The number of benzene rings is 2. The zero-order valence-electron chi connectivity index (χ0n) is 14.2. The van der Waals surface area contributed by atoms with Crippen molar-refractivity contribution in [3.63, 3.8) is 0 Å². The standard InChI is InChI=1S/C18H19BrN2O4S/c1-25-16-6-4-15(5-7-16)21-12-13(10-18(21)22)11-20-26(23,24)17-8-2-14(19)3-9-17/h2-9,13,20H,10-12H2,1H3/t13-/m0/s1. The van der Waals surface area contributed by atoms with Gasteiger partial charge in [-0.3, -0.25) is 4.79 Å². The molecule has 0 aromatic heterocycles. The molecule has 2 aromatic carbocycles. The molecular weight excluding hydrogens is 420 g/mol. The Morgan fingerprint density at radius 3 is 2.42 bits per heavy atom. The van der Waals surface area contributed by atoms with Crippen molar-refractivity contribution in [2.24, 2.45) is 5.92 Å². The molecule has 1 aliphatic rings. The molecule has 1 amide bonds. The lowest BCUT2D eigenvalue weighted by molar-refractivity contribution is -0.117. The Morgan fingerprint density at radius 2 is 1.81 bits per heavy atom. The third-order valence-corrected chi connectivity index (χ3v) is 6.24. The van der Waals surface area contributed by atoms with Gasteiger partial charge in [-0.2, -0.15) is 0 Å². The van der Waals surface area contributed by atoms with Gasteiger partial charge in [0.2, 0.25) is 15.9 Å². The first-order chi connectivity index (χ1) is 12.4. The maximum atomic E-state index is 12.4. The lowest BCUT2D eigenvalue weighted by atomic mass is 10.1. The summed E-state index contributed by atoms with van der Waals surface area (Å²) in [6, 6.07) is 13.7. The van der Waals surface area contributed by atoms with Gasteiger partial charge < -0.3 is 9.64 Å². The van der Waals surface area contributed by atoms with E-state index < -0.39 is 10.0 Å². The fraction of sp³-hybridized carbons (Fsp3) is 0.278. The zero-order chi connectivity index (χ0) is 18.7. The molecule has 26 heavy (non-hydrogen) atoms. The number of nitrogens with zero attached hydrogens (tertiary/aromatic N) is 1. The molecular formula is C18H19BrN2O4S. The number of hydrogen-bond acceptors (Lipinski definition) is 4. The molecule has 2 aromatic rings. The highest BCUT2D eigenvalue weighted by Crippen LogP contribution is 2.26. The van der Waals surface area contributed by atoms with Crippen molar-refractivity contribution in [1.82, 2.24) is 4.72 Å². The predicted octanol–water partition coefficient (Wildman–Crippen LogP) is 2.79. The second-order valence-electron chi connectivity index (χ2n) is 6.08. The van der Waals surface area contributed by atoms with Crippen LogP contribution in [0.2, 0.25) is 0 Å². The summed E-state index contributed by atoms with van der Waals surface area (Å²) in [5.74, 6) is 0.636. The van der Waals surface area contributed by atoms with E-state index in [4.69, 9.17) is 4.74 Å². The smallest absolute Gasteiger partial charge is 0.240 e. The van der Waals surface area contributed by atoms with Crippen LogP contribution in [0.3, 0.4) is 0 Å². The molecule has 0 unspecified atom stereocenters. The Balaban J connectivity index is 1.62. The Labute approximate surface area is 161 Å². The maximum absolute atomic E-state index is 12.4. The van der Waals surface area contributed by atoms with Gasteiger partial charge in [0, 0.05) is 29.7 Å². The first kappa shape index (κ1) is 18.9. The van der Waals surface area contributed by atoms with Crippen molar-refractivity contribution in [3.05, 3.63) is 53.0 Å². The number of amides is 1. The second-order valence-corrected chi connectivity index (χ2v) is 8.76. The molecule has 1 fully saturated rings. The van der Waals surface area contributed by atoms with E-state index in [2.05, 4.69) is 20.7 Å². The van der Waals surface area contributed by atoms with Gasteiger partial charge in [0.15, 0.2) is 0 Å². The van der Waals surface area contributed by atoms with E-state index in [-0.39, 0.29) is 23.3 Å². The summed E-state index contributed by atoms with van der Waals surface area (Å²) in [7, 11) is -2.00. The average Bonchev–Trinajstić information content (AvgIpc) is 3.01. The number of sulfonamides is 1. The lowest BCUT2D eigenvalue weighted by Gasteiger charge is -2.17. The summed E-state index contributed by atoms with van der Waals surface area (Å²) >= 11 is 3.28. The zero-order valence-corrected chi connectivity index (χ0v) is 16.6. The van der Waals surface area contributed by atoms with Crippen LogP contribution in [0.15, 0.2) is 57.9 Å². The normalized spacial score (nSPS) is 17.5. The van der Waals surface area contributed by atoms with E-state index >= 15 is 0 Å². The molecule has 0 bridgehead atoms. The quantitative estimate of drug-likeness (QED) is 0.751. The van der Waals surface area contributed by atoms with E-state index in [0.29, 0.717) is 13.0 Å². The van der Waals surface area contributed by atoms with Crippen molar-refractivity contribution in [2.45, 2.75) is 11.3 Å². The van der Waals surface area contributed by atoms with Crippen LogP contribution in [0.4, 0.5) is 5.69 Å². The highest BCUT2D eigenvalue weighted by Gasteiger charge is 2.31. The fourth-order valence-electron chi connectivity index (χ4n) is 2.85. The summed E-state index contributed by atoms with van der Waals surface area (Å²) in [6.45, 7) is 0.699. The summed E-state index contributed by atoms with van der Waals surface area (Å²) in [5, 5.41) is 0. The minimum atomic E-state index is -3.59. The SMILES string of the molecule is COc1ccc(N2C[C@H](CNS(=O)(=O)c3ccc(Br)cc3)CC2=O)cc1. The van der Waals surface area contributed by atoms with E-state index in [9.17, 15) is 13.2 Å². The van der Waals surface area contributed by atoms with Crippen LogP contribution < -0.4 is 14.4 Å². The third kappa shape index (κ3) is 4.25. The summed E-state index contributed by atoms with van der Waals surface area (Å²) in [6.07, 6.45) is 0.314. The van der Waals surface area contributed by atoms with Gasteiger partial charge in [-0.05, 0) is 54.4 Å². The van der Waals surface area contributed by atoms with Crippen LogP contribution in [-0.4, -0.2) is 34.5 Å². The van der Waals surface area contributed by atoms with Crippen LogP contribution >= 0.6 is 15.9 Å². The van der Waals surface area contributed by atoms with Crippen molar-refractivity contribution < 1.29 is 17.9 Å². The van der Waals surface area contributed by atoms with E-state index in [1.54, 1.807) is 36.3 Å². The Bertz CT molecular complexity index is 882. The Hall–Kier alpha value is -1.90. The summed E-state index contributed by atoms with van der Waals surface area (Å²) in [5.41, 5.74) is 0.786. The molecule has 1 heterocycles. The van der Waals surface area contributed by atoms with Crippen LogP contribution in [0.1, 0.15) is 6.42 Å². The molecule has 8 heteroatoms. The number of ether oxygens (including phenoxy) is 1. The van der Waals surface area contributed by atoms with E-state index in [1.807, 2.05) is 12.1 Å². The van der Waals surface area contributed by atoms with Crippen molar-refractivity contribution >= 4 is 37.5 Å². The number of halogens is 1. The van der Waals surface area contributed by atoms with Gasteiger partial charge in [-0.1, -0.05) is 15.9 Å². The number of nitrogens with one attached hydrogen (secondary N) is 1. The van der Waals surface area contributed by atoms with Crippen LogP contribution in [0, 0.1) is 5.92 Å². The number of anilines is 1. The lowest BCUT2D eigenvalue weighted by Crippen LogP contribution is -2.31. The summed E-state index contributed by atoms with van der Waals surface area (Å²) < 4.78 is 33.3. The Kier molecular flexibility index (Phi) is 5.64. The third-order valence-electron chi connectivity index (χ3n) is 4.28. The fourth-order valence-corrected chi connectivity index (χ4v) is 4.24. The average molecular weight is 439 g/mol. The van der Waals surface area contributed by atoms with Gasteiger partial charge in [0.05, 0.1) is 12.0 Å². The number of rotatable bonds is 6. The molecule has 1 N–H and O–H groups in total. The number of methoxy groups -OCH3 is 1. The second kappa shape index (κ2) is 7.77. The Morgan fingerprint density at radius 1 is 1.15 bits per heavy atom. The highest BCUT2D eigenvalue weighted by atomic mass is 79.9. The molecule has 138 valence electrons. The highest BCUT2D eigenvalue weighted by molar-refractivity contribution is 9.10. The van der Waals surface area contributed by atoms with Crippen LogP contribution in [0.5, 0.6) is 5.75 Å².